The molecule has 3 aromatic rings. The Bertz CT molecular complexity index is 915. The zero-order valence-electron chi connectivity index (χ0n) is 14.0. The van der Waals surface area contributed by atoms with Crippen molar-refractivity contribution in [1.82, 2.24) is 9.88 Å². The van der Waals surface area contributed by atoms with Crippen LogP contribution in [0.4, 0.5) is 0 Å². The molecule has 132 valence electrons. The molecule has 1 fully saturated rings. The Morgan fingerprint density at radius 2 is 1.77 bits per heavy atom. The van der Waals surface area contributed by atoms with Crippen LogP contribution in [0.25, 0.3) is 22.8 Å². The van der Waals surface area contributed by atoms with Crippen molar-refractivity contribution in [3.8, 4) is 22.8 Å². The van der Waals surface area contributed by atoms with Crippen LogP contribution in [0.1, 0.15) is 10.4 Å². The second kappa shape index (κ2) is 7.32. The van der Waals surface area contributed by atoms with Crippen molar-refractivity contribution >= 4 is 17.5 Å². The average molecular weight is 369 g/mol. The monoisotopic (exact) mass is 368 g/mol. The third kappa shape index (κ3) is 3.36. The van der Waals surface area contributed by atoms with Crippen molar-refractivity contribution in [3.63, 3.8) is 0 Å². The highest BCUT2D eigenvalue weighted by Crippen LogP contribution is 2.29. The van der Waals surface area contributed by atoms with Gasteiger partial charge in [-0.3, -0.25) is 4.79 Å². The third-order valence-electron chi connectivity index (χ3n) is 4.32. The van der Waals surface area contributed by atoms with Crippen LogP contribution < -0.4 is 0 Å². The maximum atomic E-state index is 12.9. The van der Waals surface area contributed by atoms with E-state index in [1.165, 1.54) is 0 Å². The van der Waals surface area contributed by atoms with E-state index in [1.807, 2.05) is 30.3 Å². The van der Waals surface area contributed by atoms with Crippen molar-refractivity contribution in [2.24, 2.45) is 0 Å². The Kier molecular flexibility index (Phi) is 4.73. The number of aromatic nitrogens is 1. The smallest absolute Gasteiger partial charge is 0.254 e. The molecule has 1 aliphatic heterocycles. The minimum Gasteiger partial charge on any atom is -0.436 e. The molecule has 1 amide bonds. The number of rotatable bonds is 3. The highest BCUT2D eigenvalue weighted by atomic mass is 35.5. The molecular weight excluding hydrogens is 352 g/mol. The molecule has 1 saturated heterocycles. The fourth-order valence-corrected chi connectivity index (χ4v) is 3.07. The predicted octanol–water partition coefficient (Wildman–Crippen LogP) is 4.13. The maximum Gasteiger partial charge on any atom is 0.254 e. The fourth-order valence-electron chi connectivity index (χ4n) is 2.94. The van der Waals surface area contributed by atoms with Crippen LogP contribution in [0.5, 0.6) is 0 Å². The van der Waals surface area contributed by atoms with Gasteiger partial charge in [0.15, 0.2) is 5.76 Å². The van der Waals surface area contributed by atoms with Crippen LogP contribution in [0.3, 0.4) is 0 Å². The molecule has 0 atom stereocenters. The molecule has 2 aromatic carbocycles. The minimum absolute atomic E-state index is 0.0323. The number of ether oxygens (including phenoxy) is 1. The highest BCUT2D eigenvalue weighted by Gasteiger charge is 2.23. The number of benzene rings is 2. The largest absolute Gasteiger partial charge is 0.436 e. The van der Waals surface area contributed by atoms with Crippen molar-refractivity contribution < 1.29 is 13.9 Å². The molecule has 0 saturated carbocycles. The molecule has 0 spiro atoms. The lowest BCUT2D eigenvalue weighted by Crippen LogP contribution is -2.40. The van der Waals surface area contributed by atoms with Gasteiger partial charge < -0.3 is 14.1 Å². The van der Waals surface area contributed by atoms with E-state index in [9.17, 15) is 4.79 Å². The number of oxazole rings is 1. The van der Waals surface area contributed by atoms with Gasteiger partial charge in [-0.25, -0.2) is 4.98 Å². The first-order chi connectivity index (χ1) is 12.7. The normalized spacial score (nSPS) is 14.4. The standard InChI is InChI=1S/C20H17ClN2O3/c21-15-7-5-14(6-8-15)18-13-22-19(26-18)16-3-1-2-4-17(16)20(24)23-9-11-25-12-10-23/h1-8,13H,9-12H2. The van der Waals surface area contributed by atoms with Crippen molar-refractivity contribution in [2.45, 2.75) is 0 Å². The first-order valence-corrected chi connectivity index (χ1v) is 8.78. The molecule has 1 aliphatic rings. The second-order valence-electron chi connectivity index (χ2n) is 5.99. The molecule has 0 radical (unpaired) electrons. The molecule has 2 heterocycles. The van der Waals surface area contributed by atoms with Crippen LogP contribution in [-0.2, 0) is 4.74 Å². The lowest BCUT2D eigenvalue weighted by atomic mass is 10.1. The van der Waals surface area contributed by atoms with Gasteiger partial charge in [-0.15, -0.1) is 0 Å². The number of carbonyl (C=O) groups excluding carboxylic acids is 1. The summed E-state index contributed by atoms with van der Waals surface area (Å²) in [6, 6.07) is 14.7. The zero-order valence-corrected chi connectivity index (χ0v) is 14.8. The summed E-state index contributed by atoms with van der Waals surface area (Å²) in [6.45, 7) is 2.31. The van der Waals surface area contributed by atoms with Crippen LogP contribution in [0.15, 0.2) is 59.1 Å². The van der Waals surface area contributed by atoms with Crippen molar-refractivity contribution in [2.75, 3.05) is 26.3 Å². The topological polar surface area (TPSA) is 55.6 Å². The Balaban J connectivity index is 1.66. The van der Waals surface area contributed by atoms with Crippen LogP contribution >= 0.6 is 11.6 Å². The van der Waals surface area contributed by atoms with Crippen LogP contribution in [0, 0.1) is 0 Å². The van der Waals surface area contributed by atoms with Gasteiger partial charge in [0.1, 0.15) is 0 Å². The number of morpholine rings is 1. The molecule has 0 bridgehead atoms. The summed E-state index contributed by atoms with van der Waals surface area (Å²) in [4.78, 5) is 19.1. The molecular formula is C20H17ClN2O3. The number of nitrogens with zero attached hydrogens (tertiary/aromatic N) is 2. The van der Waals surface area contributed by atoms with Gasteiger partial charge in [-0.2, -0.15) is 0 Å². The van der Waals surface area contributed by atoms with E-state index < -0.39 is 0 Å². The zero-order chi connectivity index (χ0) is 17.9. The predicted molar refractivity (Wildman–Crippen MR) is 99.1 cm³/mol. The van der Waals surface area contributed by atoms with Gasteiger partial charge in [0.05, 0.1) is 25.0 Å². The first-order valence-electron chi connectivity index (χ1n) is 8.40. The molecule has 4 rings (SSSR count). The van der Waals surface area contributed by atoms with E-state index in [0.717, 1.165) is 5.56 Å². The Hall–Kier alpha value is -2.63. The van der Waals surface area contributed by atoms with Gasteiger partial charge in [0.2, 0.25) is 5.89 Å². The summed E-state index contributed by atoms with van der Waals surface area (Å²) in [6.07, 6.45) is 1.66. The summed E-state index contributed by atoms with van der Waals surface area (Å²) < 4.78 is 11.3. The van der Waals surface area contributed by atoms with Crippen molar-refractivity contribution in [3.05, 3.63) is 65.3 Å². The van der Waals surface area contributed by atoms with E-state index in [2.05, 4.69) is 4.98 Å². The van der Waals surface area contributed by atoms with E-state index >= 15 is 0 Å². The average Bonchev–Trinajstić information content (AvgIpc) is 3.19. The SMILES string of the molecule is O=C(c1ccccc1-c1ncc(-c2ccc(Cl)cc2)o1)N1CCOCC1. The van der Waals surface area contributed by atoms with Gasteiger partial charge in [-0.05, 0) is 36.4 Å². The molecule has 5 nitrogen and oxygen atoms in total. The first kappa shape index (κ1) is 16.8. The van der Waals surface area contributed by atoms with Crippen LogP contribution in [-0.4, -0.2) is 42.1 Å². The van der Waals surface area contributed by atoms with Crippen LogP contribution in [0.2, 0.25) is 5.02 Å². The molecule has 0 unspecified atom stereocenters. The number of hydrogen-bond acceptors (Lipinski definition) is 4. The van der Waals surface area contributed by atoms with E-state index in [-0.39, 0.29) is 5.91 Å². The summed E-state index contributed by atoms with van der Waals surface area (Å²) in [5.74, 6) is 1.02. The lowest BCUT2D eigenvalue weighted by Gasteiger charge is -2.27. The minimum atomic E-state index is -0.0323. The number of halogens is 1. The van der Waals surface area contributed by atoms with Gasteiger partial charge in [0.25, 0.3) is 5.91 Å². The Morgan fingerprint density at radius 1 is 1.04 bits per heavy atom. The molecule has 0 N–H and O–H groups in total. The summed E-state index contributed by atoms with van der Waals surface area (Å²) in [5, 5.41) is 0.662. The van der Waals surface area contributed by atoms with Gasteiger partial charge in [0, 0.05) is 29.2 Å². The molecule has 0 aliphatic carbocycles. The number of amides is 1. The number of carbonyl (C=O) groups is 1. The van der Waals surface area contributed by atoms with Gasteiger partial charge in [-0.1, -0.05) is 23.7 Å². The van der Waals surface area contributed by atoms with E-state index in [1.54, 1.807) is 29.3 Å². The Morgan fingerprint density at radius 3 is 2.54 bits per heavy atom. The quantitative estimate of drug-likeness (QED) is 0.697. The summed E-state index contributed by atoms with van der Waals surface area (Å²) in [5.41, 5.74) is 2.15. The fraction of sp³-hybridized carbons (Fsp3) is 0.200. The summed E-state index contributed by atoms with van der Waals surface area (Å²) >= 11 is 5.93. The molecule has 6 heteroatoms. The lowest BCUT2D eigenvalue weighted by molar-refractivity contribution is 0.0303. The Labute approximate surface area is 156 Å². The summed E-state index contributed by atoms with van der Waals surface area (Å²) in [7, 11) is 0. The molecule has 1 aromatic heterocycles. The van der Waals surface area contributed by atoms with E-state index in [4.69, 9.17) is 20.8 Å². The highest BCUT2D eigenvalue weighted by molar-refractivity contribution is 6.30. The second-order valence-corrected chi connectivity index (χ2v) is 6.42. The van der Waals surface area contributed by atoms with Crippen molar-refractivity contribution in [1.29, 1.82) is 0 Å². The maximum absolute atomic E-state index is 12.9. The van der Waals surface area contributed by atoms with E-state index in [0.29, 0.717) is 54.1 Å². The third-order valence-corrected chi connectivity index (χ3v) is 4.57. The number of hydrogen-bond donors (Lipinski definition) is 0. The molecule has 26 heavy (non-hydrogen) atoms. The van der Waals surface area contributed by atoms with Gasteiger partial charge >= 0.3 is 0 Å².